The number of hydrogen-bond donors (Lipinski definition) is 4. The van der Waals surface area contributed by atoms with Crippen molar-refractivity contribution in [3.05, 3.63) is 65.1 Å². The Balaban J connectivity index is 1.99. The lowest BCUT2D eigenvalue weighted by Crippen LogP contribution is -2.45. The molecule has 27 heavy (non-hydrogen) atoms. The number of anilines is 1. The molecule has 0 spiro atoms. The molecule has 140 valence electrons. The Kier molecular flexibility index (Phi) is 5.27. The van der Waals surface area contributed by atoms with Crippen molar-refractivity contribution in [1.82, 2.24) is 10.6 Å². The van der Waals surface area contributed by atoms with Crippen LogP contribution in [-0.4, -0.2) is 23.2 Å². The van der Waals surface area contributed by atoms with Gasteiger partial charge in [0.1, 0.15) is 5.82 Å². The molecule has 3 rings (SSSR count). The Morgan fingerprint density at radius 3 is 2.74 bits per heavy atom. The number of methoxy groups -OCH3 is 1. The van der Waals surface area contributed by atoms with Crippen LogP contribution in [0.5, 0.6) is 11.5 Å². The molecule has 0 unspecified atom stereocenters. The summed E-state index contributed by atoms with van der Waals surface area (Å²) in [7, 11) is 1.44. The molecule has 8 heteroatoms. The molecule has 4 N–H and O–H groups in total. The van der Waals surface area contributed by atoms with Crippen LogP contribution in [-0.2, 0) is 4.79 Å². The van der Waals surface area contributed by atoms with Crippen LogP contribution in [0.3, 0.4) is 0 Å². The number of carbonyl (C=O) groups is 1. The number of allylic oxidation sites excluding steroid dienone is 1. The summed E-state index contributed by atoms with van der Waals surface area (Å²) < 4.78 is 19.1. The molecule has 1 aliphatic rings. The first-order valence-corrected chi connectivity index (χ1v) is 8.52. The largest absolute Gasteiger partial charge is 0.504 e. The lowest BCUT2D eigenvalue weighted by atomic mass is 9.94. The zero-order valence-electron chi connectivity index (χ0n) is 14.7. The maximum atomic E-state index is 13.9. The van der Waals surface area contributed by atoms with Crippen LogP contribution in [0.25, 0.3) is 0 Å². The van der Waals surface area contributed by atoms with E-state index in [0.717, 1.165) is 0 Å². The van der Waals surface area contributed by atoms with E-state index in [1.54, 1.807) is 31.2 Å². The number of phenolic OH excluding ortho intramolecular Hbond substituents is 1. The number of para-hydroxylation sites is 1. The minimum absolute atomic E-state index is 0.0178. The average Bonchev–Trinajstić information content (AvgIpc) is 2.63. The molecular formula is C19H18FN3O3S. The van der Waals surface area contributed by atoms with E-state index in [1.807, 2.05) is 0 Å². The summed E-state index contributed by atoms with van der Waals surface area (Å²) in [5, 5.41) is 18.7. The Bertz CT molecular complexity index is 946. The molecule has 0 fully saturated rings. The van der Waals surface area contributed by atoms with E-state index in [2.05, 4.69) is 16.0 Å². The van der Waals surface area contributed by atoms with Gasteiger partial charge < -0.3 is 25.8 Å². The van der Waals surface area contributed by atoms with Gasteiger partial charge >= 0.3 is 0 Å². The number of thiocarbonyl (C=S) groups is 1. The summed E-state index contributed by atoms with van der Waals surface area (Å²) in [5.41, 5.74) is 1.63. The first-order chi connectivity index (χ1) is 12.9. The van der Waals surface area contributed by atoms with Crippen molar-refractivity contribution in [2.24, 2.45) is 0 Å². The smallest absolute Gasteiger partial charge is 0.255 e. The minimum atomic E-state index is -0.597. The van der Waals surface area contributed by atoms with Crippen LogP contribution in [0.2, 0.25) is 0 Å². The van der Waals surface area contributed by atoms with Crippen molar-refractivity contribution < 1.29 is 19.0 Å². The lowest BCUT2D eigenvalue weighted by molar-refractivity contribution is -0.113. The predicted octanol–water partition coefficient (Wildman–Crippen LogP) is 2.97. The molecule has 1 atom stereocenters. The highest BCUT2D eigenvalue weighted by Gasteiger charge is 2.30. The number of benzene rings is 2. The van der Waals surface area contributed by atoms with E-state index >= 15 is 0 Å². The summed E-state index contributed by atoms with van der Waals surface area (Å²) in [6, 6.07) is 10.1. The number of hydrogen-bond acceptors (Lipinski definition) is 4. The van der Waals surface area contributed by atoms with Gasteiger partial charge in [0, 0.05) is 5.70 Å². The number of ether oxygens (including phenoxy) is 1. The molecule has 1 aliphatic heterocycles. The second kappa shape index (κ2) is 7.63. The summed E-state index contributed by atoms with van der Waals surface area (Å²) in [5.74, 6) is -0.752. The van der Waals surface area contributed by atoms with Crippen LogP contribution >= 0.6 is 12.2 Å². The van der Waals surface area contributed by atoms with Gasteiger partial charge in [0.05, 0.1) is 24.4 Å². The minimum Gasteiger partial charge on any atom is -0.504 e. The number of nitrogens with one attached hydrogen (secondary N) is 3. The molecule has 0 aromatic heterocycles. The highest BCUT2D eigenvalue weighted by molar-refractivity contribution is 7.80. The van der Waals surface area contributed by atoms with Crippen LogP contribution in [0.4, 0.5) is 10.1 Å². The standard InChI is InChI=1S/C19H18FN3O3S/c1-10-16(18(25)22-13-6-4-3-5-12(13)20)17(23-19(27)21-10)11-7-8-14(24)15(9-11)26-2/h3-9,17,24H,1-2H3,(H,22,25)(H2,21,23,27)/t17-/m1/s1. The molecule has 1 amide bonds. The van der Waals surface area contributed by atoms with Gasteiger partial charge in [-0.1, -0.05) is 18.2 Å². The van der Waals surface area contributed by atoms with Crippen molar-refractivity contribution in [3.63, 3.8) is 0 Å². The fourth-order valence-electron chi connectivity index (χ4n) is 2.87. The fourth-order valence-corrected chi connectivity index (χ4v) is 3.14. The van der Waals surface area contributed by atoms with Gasteiger partial charge in [-0.25, -0.2) is 4.39 Å². The quantitative estimate of drug-likeness (QED) is 0.604. The topological polar surface area (TPSA) is 82.6 Å². The third kappa shape index (κ3) is 3.85. The van der Waals surface area contributed by atoms with E-state index in [-0.39, 0.29) is 17.2 Å². The van der Waals surface area contributed by atoms with E-state index in [0.29, 0.717) is 21.9 Å². The van der Waals surface area contributed by atoms with E-state index in [9.17, 15) is 14.3 Å². The van der Waals surface area contributed by atoms with E-state index < -0.39 is 17.8 Å². The summed E-state index contributed by atoms with van der Waals surface area (Å²) in [4.78, 5) is 12.9. The van der Waals surface area contributed by atoms with Gasteiger partial charge in [0.2, 0.25) is 0 Å². The molecule has 2 aromatic carbocycles. The zero-order valence-corrected chi connectivity index (χ0v) is 15.5. The number of carbonyl (C=O) groups excluding carboxylic acids is 1. The normalized spacial score (nSPS) is 16.4. The van der Waals surface area contributed by atoms with Gasteiger partial charge in [-0.3, -0.25) is 4.79 Å². The van der Waals surface area contributed by atoms with Gasteiger partial charge in [-0.05, 0) is 49.0 Å². The number of halogens is 1. The van der Waals surface area contributed by atoms with Crippen LogP contribution in [0.15, 0.2) is 53.7 Å². The summed E-state index contributed by atoms with van der Waals surface area (Å²) in [6.45, 7) is 1.72. The second-order valence-electron chi connectivity index (χ2n) is 5.94. The maximum absolute atomic E-state index is 13.9. The lowest BCUT2D eigenvalue weighted by Gasteiger charge is -2.30. The van der Waals surface area contributed by atoms with Gasteiger partial charge in [-0.15, -0.1) is 0 Å². The molecule has 6 nitrogen and oxygen atoms in total. The average molecular weight is 387 g/mol. The molecule has 2 aromatic rings. The summed E-state index contributed by atoms with van der Waals surface area (Å²) in [6.07, 6.45) is 0. The number of aromatic hydroxyl groups is 1. The van der Waals surface area contributed by atoms with Crippen LogP contribution < -0.4 is 20.7 Å². The van der Waals surface area contributed by atoms with Crippen LogP contribution in [0.1, 0.15) is 18.5 Å². The third-order valence-corrected chi connectivity index (χ3v) is 4.39. The van der Waals surface area contributed by atoms with Crippen molar-refractivity contribution in [2.45, 2.75) is 13.0 Å². The molecular weight excluding hydrogens is 369 g/mol. The van der Waals surface area contributed by atoms with Crippen molar-refractivity contribution >= 4 is 28.9 Å². The van der Waals surface area contributed by atoms with Gasteiger partial charge in [0.15, 0.2) is 16.6 Å². The summed E-state index contributed by atoms with van der Waals surface area (Å²) >= 11 is 5.21. The van der Waals surface area contributed by atoms with E-state index in [1.165, 1.54) is 25.3 Å². The molecule has 0 saturated heterocycles. The monoisotopic (exact) mass is 387 g/mol. The zero-order chi connectivity index (χ0) is 19.6. The second-order valence-corrected chi connectivity index (χ2v) is 6.34. The van der Waals surface area contributed by atoms with Crippen molar-refractivity contribution in [3.8, 4) is 11.5 Å². The Hall–Kier alpha value is -3.13. The van der Waals surface area contributed by atoms with Gasteiger partial charge in [0.25, 0.3) is 5.91 Å². The first kappa shape index (κ1) is 18.7. The Labute approximate surface area is 161 Å². The van der Waals surface area contributed by atoms with Crippen molar-refractivity contribution in [2.75, 3.05) is 12.4 Å². The number of rotatable bonds is 4. The third-order valence-electron chi connectivity index (χ3n) is 4.17. The van der Waals surface area contributed by atoms with Gasteiger partial charge in [-0.2, -0.15) is 0 Å². The highest BCUT2D eigenvalue weighted by atomic mass is 32.1. The number of phenols is 1. The van der Waals surface area contributed by atoms with Crippen molar-refractivity contribution in [1.29, 1.82) is 0 Å². The Morgan fingerprint density at radius 1 is 1.30 bits per heavy atom. The molecule has 0 saturated carbocycles. The number of amides is 1. The molecule has 0 bridgehead atoms. The molecule has 0 radical (unpaired) electrons. The van der Waals surface area contributed by atoms with Crippen LogP contribution in [0, 0.1) is 5.82 Å². The fraction of sp³-hybridized carbons (Fsp3) is 0.158. The highest BCUT2D eigenvalue weighted by Crippen LogP contribution is 2.34. The SMILES string of the molecule is COc1cc([C@H]2NC(=S)NC(C)=C2C(=O)Nc2ccccc2F)ccc1O. The Morgan fingerprint density at radius 2 is 2.04 bits per heavy atom. The van der Waals surface area contributed by atoms with E-state index in [4.69, 9.17) is 17.0 Å². The predicted molar refractivity (Wildman–Crippen MR) is 104 cm³/mol. The first-order valence-electron chi connectivity index (χ1n) is 8.11. The molecule has 0 aliphatic carbocycles. The maximum Gasteiger partial charge on any atom is 0.255 e. The molecule has 1 heterocycles.